The first kappa shape index (κ1) is 21.2. The Bertz CT molecular complexity index is 978. The molecule has 0 saturated carbocycles. The van der Waals surface area contributed by atoms with Gasteiger partial charge in [0.15, 0.2) is 5.11 Å². The molecule has 4 nitrogen and oxygen atoms in total. The predicted molar refractivity (Wildman–Crippen MR) is 124 cm³/mol. The molecule has 1 atom stereocenters. The lowest BCUT2D eigenvalue weighted by Gasteiger charge is -2.33. The number of fused-ring (bicyclic) bond motifs is 1. The van der Waals surface area contributed by atoms with E-state index in [0.717, 1.165) is 35.4 Å². The fourth-order valence-corrected chi connectivity index (χ4v) is 5.10. The van der Waals surface area contributed by atoms with Crippen LogP contribution in [0.1, 0.15) is 48.8 Å². The molecule has 0 unspecified atom stereocenters. The zero-order valence-electron chi connectivity index (χ0n) is 16.9. The first-order valence-corrected chi connectivity index (χ1v) is 10.9. The van der Waals surface area contributed by atoms with Gasteiger partial charge in [0.2, 0.25) is 5.91 Å². The molecule has 2 aromatic rings. The average molecular weight is 424 g/mol. The quantitative estimate of drug-likeness (QED) is 0.519. The van der Waals surface area contributed by atoms with Gasteiger partial charge in [0.05, 0.1) is 5.56 Å². The molecule has 6 heteroatoms. The van der Waals surface area contributed by atoms with Crippen molar-refractivity contribution in [2.75, 3.05) is 5.32 Å². The Labute approximate surface area is 181 Å². The molecule has 1 heterocycles. The van der Waals surface area contributed by atoms with Crippen LogP contribution in [0.2, 0.25) is 0 Å². The highest BCUT2D eigenvalue weighted by molar-refractivity contribution is 7.80. The van der Waals surface area contributed by atoms with Crippen molar-refractivity contribution >= 4 is 45.7 Å². The van der Waals surface area contributed by atoms with Crippen LogP contribution >= 0.6 is 23.6 Å². The number of nitrogens with one attached hydrogen (secondary N) is 2. The summed E-state index contributed by atoms with van der Waals surface area (Å²) in [4.78, 5) is 13.4. The number of carbonyl (C=O) groups excluding carboxylic acids is 1. The summed E-state index contributed by atoms with van der Waals surface area (Å²) in [6.45, 7) is 6.82. The molecule has 1 aromatic carbocycles. The lowest BCUT2D eigenvalue weighted by Crippen LogP contribution is -2.32. The van der Waals surface area contributed by atoms with E-state index in [9.17, 15) is 10.1 Å². The van der Waals surface area contributed by atoms with E-state index < -0.39 is 0 Å². The highest BCUT2D eigenvalue weighted by Gasteiger charge is 2.32. The second-order valence-electron chi connectivity index (χ2n) is 8.31. The molecule has 0 bridgehead atoms. The number of nitrogens with zero attached hydrogens (tertiary/aromatic N) is 1. The standard InChI is InChI=1S/C23H25N3OS2/c1-23(2,3)16-10-11-17-18(14-24)21(29-19(17)13-16)26-22(28)25-20(27)12-9-15-7-5-4-6-8-15/h4-9,12,16H,10-11,13H2,1-3H3,(H2,25,26,27,28)/b12-9+/t16-/m0/s1. The zero-order chi connectivity index (χ0) is 21.0. The van der Waals surface area contributed by atoms with Gasteiger partial charge in [0, 0.05) is 11.0 Å². The van der Waals surface area contributed by atoms with Crippen molar-refractivity contribution in [2.45, 2.75) is 40.0 Å². The zero-order valence-corrected chi connectivity index (χ0v) is 18.5. The third-order valence-corrected chi connectivity index (χ3v) is 6.67. The van der Waals surface area contributed by atoms with Crippen molar-refractivity contribution in [3.63, 3.8) is 0 Å². The van der Waals surface area contributed by atoms with Crippen LogP contribution in [0.25, 0.3) is 6.08 Å². The monoisotopic (exact) mass is 423 g/mol. The normalized spacial score (nSPS) is 16.1. The third kappa shape index (κ3) is 5.31. The van der Waals surface area contributed by atoms with Gasteiger partial charge < -0.3 is 5.32 Å². The Kier molecular flexibility index (Phi) is 6.51. The molecule has 29 heavy (non-hydrogen) atoms. The van der Waals surface area contributed by atoms with Gasteiger partial charge in [-0.25, -0.2) is 0 Å². The van der Waals surface area contributed by atoms with Crippen molar-refractivity contribution in [3.8, 4) is 6.07 Å². The summed E-state index contributed by atoms with van der Waals surface area (Å²) in [5.74, 6) is 0.293. The summed E-state index contributed by atoms with van der Waals surface area (Å²) < 4.78 is 0. The Hall–Kier alpha value is -2.49. The lowest BCUT2D eigenvalue weighted by atomic mass is 9.72. The highest BCUT2D eigenvalue weighted by Crippen LogP contribution is 2.43. The largest absolute Gasteiger partial charge is 0.323 e. The summed E-state index contributed by atoms with van der Waals surface area (Å²) in [5, 5.41) is 16.3. The molecule has 1 aromatic heterocycles. The second kappa shape index (κ2) is 8.89. The fourth-order valence-electron chi connectivity index (χ4n) is 3.56. The van der Waals surface area contributed by atoms with Gasteiger partial charge >= 0.3 is 0 Å². The maximum absolute atomic E-state index is 12.1. The number of benzene rings is 1. The molecule has 3 rings (SSSR count). The van der Waals surface area contributed by atoms with E-state index >= 15 is 0 Å². The van der Waals surface area contributed by atoms with Crippen LogP contribution in [0.5, 0.6) is 0 Å². The van der Waals surface area contributed by atoms with Crippen LogP contribution in [0.3, 0.4) is 0 Å². The second-order valence-corrected chi connectivity index (χ2v) is 9.83. The molecule has 0 saturated heterocycles. The van der Waals surface area contributed by atoms with Crippen molar-refractivity contribution in [3.05, 3.63) is 58.0 Å². The summed E-state index contributed by atoms with van der Waals surface area (Å²) in [5.41, 5.74) is 2.98. The topological polar surface area (TPSA) is 64.9 Å². The molecular weight excluding hydrogens is 398 g/mol. The van der Waals surface area contributed by atoms with Crippen LogP contribution in [-0.4, -0.2) is 11.0 Å². The molecule has 150 valence electrons. The number of hydrogen-bond donors (Lipinski definition) is 2. The summed E-state index contributed by atoms with van der Waals surface area (Å²) >= 11 is 6.88. The van der Waals surface area contributed by atoms with E-state index in [2.05, 4.69) is 37.5 Å². The summed E-state index contributed by atoms with van der Waals surface area (Å²) in [7, 11) is 0. The molecule has 1 aliphatic carbocycles. The van der Waals surface area contributed by atoms with E-state index in [-0.39, 0.29) is 16.4 Å². The molecular formula is C23H25N3OS2. The van der Waals surface area contributed by atoms with Gasteiger partial charge in [-0.3, -0.25) is 10.1 Å². The molecule has 0 aliphatic heterocycles. The van der Waals surface area contributed by atoms with Gasteiger partial charge in [-0.15, -0.1) is 11.3 Å². The SMILES string of the molecule is CC(C)(C)[C@H]1CCc2c(sc(NC(=S)NC(=O)/C=C/c3ccccc3)c2C#N)C1. The molecule has 1 aliphatic rings. The minimum absolute atomic E-state index is 0.204. The van der Waals surface area contributed by atoms with Crippen molar-refractivity contribution in [1.82, 2.24) is 5.32 Å². The molecule has 0 radical (unpaired) electrons. The Morgan fingerprint density at radius 3 is 2.69 bits per heavy atom. The lowest BCUT2D eigenvalue weighted by molar-refractivity contribution is -0.115. The van der Waals surface area contributed by atoms with Gasteiger partial charge in [-0.2, -0.15) is 5.26 Å². The van der Waals surface area contributed by atoms with E-state index in [1.165, 1.54) is 11.0 Å². The minimum Gasteiger partial charge on any atom is -0.323 e. The number of thiocarbonyl (C=S) groups is 1. The first-order valence-electron chi connectivity index (χ1n) is 9.67. The van der Waals surface area contributed by atoms with Crippen molar-refractivity contribution in [2.24, 2.45) is 11.3 Å². The Morgan fingerprint density at radius 2 is 2.03 bits per heavy atom. The molecule has 1 amide bonds. The average Bonchev–Trinajstić information content (AvgIpc) is 3.02. The van der Waals surface area contributed by atoms with Gasteiger partial charge in [-0.05, 0) is 60.0 Å². The summed E-state index contributed by atoms with van der Waals surface area (Å²) in [6.07, 6.45) is 6.17. The highest BCUT2D eigenvalue weighted by atomic mass is 32.1. The van der Waals surface area contributed by atoms with E-state index in [4.69, 9.17) is 12.2 Å². The van der Waals surface area contributed by atoms with Crippen LogP contribution < -0.4 is 10.6 Å². The number of amides is 1. The molecule has 2 N–H and O–H groups in total. The molecule has 0 spiro atoms. The van der Waals surface area contributed by atoms with Crippen molar-refractivity contribution in [1.29, 1.82) is 5.26 Å². The van der Waals surface area contributed by atoms with Crippen LogP contribution in [0, 0.1) is 22.7 Å². The predicted octanol–water partition coefficient (Wildman–Crippen LogP) is 5.30. The van der Waals surface area contributed by atoms with Gasteiger partial charge in [0.1, 0.15) is 11.1 Å². The Morgan fingerprint density at radius 1 is 1.31 bits per heavy atom. The van der Waals surface area contributed by atoms with E-state index in [1.54, 1.807) is 17.4 Å². The van der Waals surface area contributed by atoms with E-state index in [1.807, 2.05) is 30.3 Å². The maximum Gasteiger partial charge on any atom is 0.250 e. The number of nitriles is 1. The summed E-state index contributed by atoms with van der Waals surface area (Å²) in [6, 6.07) is 11.9. The fraction of sp³-hybridized carbons (Fsp3) is 0.348. The van der Waals surface area contributed by atoms with Crippen LogP contribution in [-0.2, 0) is 17.6 Å². The number of thiophene rings is 1. The minimum atomic E-state index is -0.307. The third-order valence-electron chi connectivity index (χ3n) is 5.29. The van der Waals surface area contributed by atoms with Crippen LogP contribution in [0.4, 0.5) is 5.00 Å². The van der Waals surface area contributed by atoms with Crippen molar-refractivity contribution < 1.29 is 4.79 Å². The number of hydrogen-bond acceptors (Lipinski definition) is 4. The van der Waals surface area contributed by atoms with E-state index in [0.29, 0.717) is 11.5 Å². The number of carbonyl (C=O) groups is 1. The Balaban J connectivity index is 1.67. The maximum atomic E-state index is 12.1. The smallest absolute Gasteiger partial charge is 0.250 e. The van der Waals surface area contributed by atoms with Gasteiger partial charge in [-0.1, -0.05) is 51.1 Å². The van der Waals surface area contributed by atoms with Gasteiger partial charge in [0.25, 0.3) is 0 Å². The van der Waals surface area contributed by atoms with Crippen LogP contribution in [0.15, 0.2) is 36.4 Å². The number of anilines is 1. The number of rotatable bonds is 3. The molecule has 0 fully saturated rings. The first-order chi connectivity index (χ1) is 13.8.